The highest BCUT2D eigenvalue weighted by atomic mass is 16.4. The Morgan fingerprint density at radius 1 is 0.844 bits per heavy atom. The molecule has 0 radical (unpaired) electrons. The topological polar surface area (TPSA) is 80.0 Å². The van der Waals surface area contributed by atoms with Crippen molar-refractivity contribution < 1.29 is 4.42 Å². The molecule has 1 aliphatic heterocycles. The van der Waals surface area contributed by atoms with Crippen LogP contribution in [0.1, 0.15) is 28.7 Å². The smallest absolute Gasteiger partial charge is 0.320 e. The van der Waals surface area contributed by atoms with Crippen molar-refractivity contribution in [2.75, 3.05) is 18.9 Å². The molecule has 2 aromatic carbocycles. The number of aryl methyl sites for hydroxylation is 2. The van der Waals surface area contributed by atoms with E-state index in [-0.39, 0.29) is 0 Å². The van der Waals surface area contributed by atoms with Crippen LogP contribution in [0.5, 0.6) is 0 Å². The highest BCUT2D eigenvalue weighted by molar-refractivity contribution is 5.69. The van der Waals surface area contributed by atoms with Gasteiger partial charge in [0.1, 0.15) is 0 Å². The maximum absolute atomic E-state index is 5.88. The lowest BCUT2D eigenvalue weighted by molar-refractivity contribution is 0.313. The molecular formula is C25H24N6O. The zero-order valence-corrected chi connectivity index (χ0v) is 18.0. The normalized spacial score (nSPS) is 15.4. The average Bonchev–Trinajstić information content (AvgIpc) is 3.19. The highest BCUT2D eigenvalue weighted by Gasteiger charge is 2.19. The fourth-order valence-corrected chi connectivity index (χ4v) is 4.67. The van der Waals surface area contributed by atoms with Crippen LogP contribution in [0.25, 0.3) is 22.8 Å². The second kappa shape index (κ2) is 7.84. The van der Waals surface area contributed by atoms with E-state index in [2.05, 4.69) is 80.1 Å². The van der Waals surface area contributed by atoms with E-state index in [0.29, 0.717) is 17.6 Å². The average molecular weight is 425 g/mol. The summed E-state index contributed by atoms with van der Waals surface area (Å²) in [5.74, 6) is 0.373. The molecule has 0 bridgehead atoms. The number of nitrogens with zero attached hydrogens (tertiary/aromatic N) is 5. The number of benzene rings is 2. The monoisotopic (exact) mass is 424 g/mol. The molecule has 7 heteroatoms. The van der Waals surface area contributed by atoms with Crippen LogP contribution in [0.2, 0.25) is 0 Å². The summed E-state index contributed by atoms with van der Waals surface area (Å²) in [7, 11) is 2.15. The van der Waals surface area contributed by atoms with Crippen molar-refractivity contribution in [3.05, 3.63) is 70.8 Å². The third-order valence-corrected chi connectivity index (χ3v) is 6.34. The van der Waals surface area contributed by atoms with Gasteiger partial charge < -0.3 is 14.6 Å². The summed E-state index contributed by atoms with van der Waals surface area (Å²) in [5, 5.41) is 20.6. The molecule has 0 saturated carbocycles. The van der Waals surface area contributed by atoms with E-state index in [1.54, 1.807) is 0 Å². The third-order valence-electron chi connectivity index (χ3n) is 6.34. The molecule has 0 fully saturated rings. The van der Waals surface area contributed by atoms with E-state index in [9.17, 15) is 0 Å². The molecule has 32 heavy (non-hydrogen) atoms. The Hall–Kier alpha value is -3.58. The molecule has 3 heterocycles. The van der Waals surface area contributed by atoms with E-state index in [1.165, 1.54) is 27.8 Å². The number of hydrogen-bond acceptors (Lipinski definition) is 7. The summed E-state index contributed by atoms with van der Waals surface area (Å²) in [6.07, 6.45) is 4.17. The molecule has 2 aromatic heterocycles. The Morgan fingerprint density at radius 3 is 2.72 bits per heavy atom. The number of nitrogens with one attached hydrogen (secondary N) is 1. The van der Waals surface area contributed by atoms with Crippen LogP contribution in [-0.2, 0) is 25.8 Å². The van der Waals surface area contributed by atoms with E-state index in [0.717, 1.165) is 50.2 Å². The van der Waals surface area contributed by atoms with E-state index >= 15 is 0 Å². The SMILES string of the molecule is CN1CCc2ccc(Nc3nnc(-c4cc5c(nn4)-c4ccccc4CCC5)o3)cc2C1. The first-order valence-corrected chi connectivity index (χ1v) is 11.1. The van der Waals surface area contributed by atoms with Gasteiger partial charge in [-0.05, 0) is 73.2 Å². The summed E-state index contributed by atoms with van der Waals surface area (Å²) in [4.78, 5) is 2.33. The molecule has 0 spiro atoms. The van der Waals surface area contributed by atoms with Crippen molar-refractivity contribution in [3.8, 4) is 22.8 Å². The van der Waals surface area contributed by atoms with Crippen LogP contribution in [0.4, 0.5) is 11.7 Å². The standard InChI is InChI=1S/C25H24N6O/c1-31-12-11-16-9-10-20(13-19(16)15-31)26-25-30-29-24(32-25)22-14-18-7-4-6-17-5-2-3-8-21(17)23(18)28-27-22/h2-3,5,8-10,13-14H,4,6-7,11-12,15H2,1H3,(H,26,30). The molecule has 1 aliphatic carbocycles. The predicted molar refractivity (Wildman–Crippen MR) is 123 cm³/mol. The molecule has 0 atom stereocenters. The number of likely N-dealkylation sites (N-methyl/N-ethyl adjacent to an activating group) is 1. The van der Waals surface area contributed by atoms with Crippen molar-refractivity contribution >= 4 is 11.7 Å². The van der Waals surface area contributed by atoms with Crippen LogP contribution in [0.15, 0.2) is 52.9 Å². The number of fused-ring (bicyclic) bond motifs is 4. The van der Waals surface area contributed by atoms with Gasteiger partial charge in [-0.15, -0.1) is 15.3 Å². The lowest BCUT2D eigenvalue weighted by Crippen LogP contribution is -2.26. The molecule has 2 aliphatic rings. The Balaban J connectivity index is 1.26. The van der Waals surface area contributed by atoms with Crippen LogP contribution in [0.3, 0.4) is 0 Å². The Kier molecular flexibility index (Phi) is 4.69. The van der Waals surface area contributed by atoms with Crippen molar-refractivity contribution in [1.82, 2.24) is 25.3 Å². The van der Waals surface area contributed by atoms with Crippen molar-refractivity contribution in [2.45, 2.75) is 32.2 Å². The van der Waals surface area contributed by atoms with E-state index < -0.39 is 0 Å². The quantitative estimate of drug-likeness (QED) is 0.522. The van der Waals surface area contributed by atoms with Crippen molar-refractivity contribution in [2.24, 2.45) is 0 Å². The van der Waals surface area contributed by atoms with E-state index in [1.807, 2.05) is 6.07 Å². The lowest BCUT2D eigenvalue weighted by Gasteiger charge is -2.25. The van der Waals surface area contributed by atoms with Gasteiger partial charge in [0.2, 0.25) is 0 Å². The van der Waals surface area contributed by atoms with Gasteiger partial charge in [-0.3, -0.25) is 0 Å². The second-order valence-electron chi connectivity index (χ2n) is 8.62. The first kappa shape index (κ1) is 19.1. The number of anilines is 2. The van der Waals surface area contributed by atoms with Gasteiger partial charge in [0, 0.05) is 24.3 Å². The minimum atomic E-state index is 0.353. The minimum absolute atomic E-state index is 0.353. The Morgan fingerprint density at radius 2 is 1.75 bits per heavy atom. The minimum Gasteiger partial charge on any atom is -0.401 e. The number of hydrogen-bond donors (Lipinski definition) is 1. The fraction of sp³-hybridized carbons (Fsp3) is 0.280. The molecule has 0 amide bonds. The fourth-order valence-electron chi connectivity index (χ4n) is 4.67. The van der Waals surface area contributed by atoms with Gasteiger partial charge in [-0.1, -0.05) is 35.4 Å². The maximum atomic E-state index is 5.88. The molecule has 1 N–H and O–H groups in total. The van der Waals surface area contributed by atoms with E-state index in [4.69, 9.17) is 4.42 Å². The molecule has 0 unspecified atom stereocenters. The molecule has 4 aromatic rings. The largest absolute Gasteiger partial charge is 0.401 e. The van der Waals surface area contributed by atoms with Crippen molar-refractivity contribution in [3.63, 3.8) is 0 Å². The molecule has 6 rings (SSSR count). The lowest BCUT2D eigenvalue weighted by atomic mass is 9.99. The first-order valence-electron chi connectivity index (χ1n) is 11.1. The molecule has 160 valence electrons. The van der Waals surface area contributed by atoms with Crippen LogP contribution in [-0.4, -0.2) is 38.9 Å². The number of aromatic nitrogens is 4. The second-order valence-corrected chi connectivity index (χ2v) is 8.62. The van der Waals surface area contributed by atoms with Gasteiger partial charge >= 0.3 is 6.01 Å². The number of rotatable bonds is 3. The molecular weight excluding hydrogens is 400 g/mol. The summed E-state index contributed by atoms with van der Waals surface area (Å²) in [5.41, 5.74) is 8.92. The summed E-state index contributed by atoms with van der Waals surface area (Å²) >= 11 is 0. The van der Waals surface area contributed by atoms with Gasteiger partial charge in [0.25, 0.3) is 5.89 Å². The van der Waals surface area contributed by atoms with Crippen LogP contribution >= 0.6 is 0 Å². The van der Waals surface area contributed by atoms with Crippen LogP contribution < -0.4 is 5.32 Å². The summed E-state index contributed by atoms with van der Waals surface area (Å²) in [6, 6.07) is 17.2. The summed E-state index contributed by atoms with van der Waals surface area (Å²) in [6.45, 7) is 2.05. The van der Waals surface area contributed by atoms with Gasteiger partial charge in [-0.25, -0.2) is 0 Å². The third kappa shape index (κ3) is 3.54. The first-order chi connectivity index (χ1) is 15.7. The van der Waals surface area contributed by atoms with Gasteiger partial charge in [0.05, 0.1) is 5.69 Å². The maximum Gasteiger partial charge on any atom is 0.320 e. The highest BCUT2D eigenvalue weighted by Crippen LogP contribution is 2.32. The van der Waals surface area contributed by atoms with Gasteiger partial charge in [0.15, 0.2) is 5.69 Å². The zero-order chi connectivity index (χ0) is 21.5. The molecule has 0 saturated heterocycles. The summed E-state index contributed by atoms with van der Waals surface area (Å²) < 4.78 is 5.88. The zero-order valence-electron chi connectivity index (χ0n) is 18.0. The molecule has 7 nitrogen and oxygen atoms in total. The predicted octanol–water partition coefficient (Wildman–Crippen LogP) is 4.41. The van der Waals surface area contributed by atoms with Crippen molar-refractivity contribution in [1.29, 1.82) is 0 Å². The Bertz CT molecular complexity index is 1300. The van der Waals surface area contributed by atoms with Crippen LogP contribution in [0, 0.1) is 0 Å². The Labute approximate surface area is 186 Å². The van der Waals surface area contributed by atoms with Gasteiger partial charge in [-0.2, -0.15) is 0 Å².